The molecular formula is C18H18ClN5O3S2. The lowest BCUT2D eigenvalue weighted by Gasteiger charge is -2.31. The molecule has 1 aliphatic heterocycles. The average Bonchev–Trinajstić information content (AvgIpc) is 3.32. The van der Waals surface area contributed by atoms with Crippen LogP contribution >= 0.6 is 22.9 Å². The molecule has 0 saturated heterocycles. The van der Waals surface area contributed by atoms with E-state index in [-0.39, 0.29) is 16.7 Å². The van der Waals surface area contributed by atoms with Crippen molar-refractivity contribution in [2.45, 2.75) is 36.8 Å². The Morgan fingerprint density at radius 2 is 2.00 bits per heavy atom. The molecule has 152 valence electrons. The molecule has 0 radical (unpaired) electrons. The molecule has 2 aromatic heterocycles. The topological polar surface area (TPSA) is 97.2 Å². The van der Waals surface area contributed by atoms with Gasteiger partial charge in [0.15, 0.2) is 0 Å². The summed E-state index contributed by atoms with van der Waals surface area (Å²) in [6, 6.07) is 12.2. The zero-order valence-corrected chi connectivity index (χ0v) is 17.8. The van der Waals surface area contributed by atoms with E-state index >= 15 is 0 Å². The van der Waals surface area contributed by atoms with Crippen LogP contribution in [0.25, 0.3) is 0 Å². The highest BCUT2D eigenvalue weighted by molar-refractivity contribution is 7.91. The normalized spacial score (nSPS) is 16.8. The molecule has 3 heterocycles. The maximum atomic E-state index is 12.7. The van der Waals surface area contributed by atoms with Gasteiger partial charge in [0.1, 0.15) is 15.9 Å². The third kappa shape index (κ3) is 4.06. The highest BCUT2D eigenvalue weighted by atomic mass is 35.5. The summed E-state index contributed by atoms with van der Waals surface area (Å²) in [6.07, 6.45) is 0. The molecular weight excluding hydrogens is 434 g/mol. The minimum Gasteiger partial charge on any atom is -0.331 e. The summed E-state index contributed by atoms with van der Waals surface area (Å²) in [4.78, 5) is 14.5. The number of amides is 1. The second-order valence-corrected chi connectivity index (χ2v) is 10.4. The predicted octanol–water partition coefficient (Wildman–Crippen LogP) is 2.57. The Morgan fingerprint density at radius 3 is 2.69 bits per heavy atom. The van der Waals surface area contributed by atoms with Crippen LogP contribution in [0.1, 0.15) is 29.9 Å². The van der Waals surface area contributed by atoms with Crippen LogP contribution in [0, 0.1) is 0 Å². The molecule has 11 heteroatoms. The standard InChI is InChI=1S/C18H18ClN5O3S2/c1-12-18(25)23(10-13-5-3-2-4-6-13)11-15-14(21-22-24(12)15)9-20-29(26,27)17-8-7-16(19)28-17/h2-8,12,20H,9-11H2,1H3. The second-order valence-electron chi connectivity index (χ2n) is 6.67. The Balaban J connectivity index is 1.54. The van der Waals surface area contributed by atoms with Crippen molar-refractivity contribution >= 4 is 38.9 Å². The molecule has 4 rings (SSSR count). The Bertz CT molecular complexity index is 1140. The number of hydrogen-bond donors (Lipinski definition) is 1. The van der Waals surface area contributed by atoms with Crippen molar-refractivity contribution in [3.63, 3.8) is 0 Å². The van der Waals surface area contributed by atoms with Crippen molar-refractivity contribution in [1.29, 1.82) is 0 Å². The summed E-state index contributed by atoms with van der Waals surface area (Å²) in [5, 5.41) is 8.18. The summed E-state index contributed by atoms with van der Waals surface area (Å²) in [7, 11) is -3.70. The first-order valence-corrected chi connectivity index (χ1v) is 11.5. The van der Waals surface area contributed by atoms with Crippen LogP contribution in [0.2, 0.25) is 4.34 Å². The Hall–Kier alpha value is -2.27. The van der Waals surface area contributed by atoms with Gasteiger partial charge in [0.2, 0.25) is 15.9 Å². The van der Waals surface area contributed by atoms with Gasteiger partial charge in [-0.2, -0.15) is 0 Å². The van der Waals surface area contributed by atoms with Gasteiger partial charge in [0, 0.05) is 6.54 Å². The van der Waals surface area contributed by atoms with Crippen molar-refractivity contribution < 1.29 is 13.2 Å². The van der Waals surface area contributed by atoms with Crippen molar-refractivity contribution in [2.24, 2.45) is 0 Å². The summed E-state index contributed by atoms with van der Waals surface area (Å²) in [5.74, 6) is -0.0494. The van der Waals surface area contributed by atoms with Crippen LogP contribution in [-0.4, -0.2) is 34.2 Å². The molecule has 1 aliphatic rings. The molecule has 1 unspecified atom stereocenters. The number of halogens is 1. The van der Waals surface area contributed by atoms with E-state index in [0.29, 0.717) is 23.1 Å². The molecule has 29 heavy (non-hydrogen) atoms. The molecule has 1 atom stereocenters. The first-order valence-electron chi connectivity index (χ1n) is 8.86. The zero-order valence-electron chi connectivity index (χ0n) is 15.4. The monoisotopic (exact) mass is 451 g/mol. The van der Waals surface area contributed by atoms with Crippen LogP contribution in [0.4, 0.5) is 0 Å². The highest BCUT2D eigenvalue weighted by Gasteiger charge is 2.33. The Labute approximate surface area is 177 Å². The van der Waals surface area contributed by atoms with Gasteiger partial charge >= 0.3 is 0 Å². The Kier molecular flexibility index (Phi) is 5.43. The molecule has 0 bridgehead atoms. The van der Waals surface area contributed by atoms with Crippen LogP contribution in [0.5, 0.6) is 0 Å². The number of nitrogens with zero attached hydrogens (tertiary/aromatic N) is 4. The van der Waals surface area contributed by atoms with E-state index in [4.69, 9.17) is 11.6 Å². The lowest BCUT2D eigenvalue weighted by molar-refractivity contribution is -0.138. The van der Waals surface area contributed by atoms with E-state index in [0.717, 1.165) is 22.6 Å². The number of hydrogen-bond acceptors (Lipinski definition) is 6. The maximum absolute atomic E-state index is 12.7. The van der Waals surface area contributed by atoms with E-state index in [2.05, 4.69) is 15.0 Å². The first-order chi connectivity index (χ1) is 13.8. The molecule has 1 amide bonds. The molecule has 0 spiro atoms. The van der Waals surface area contributed by atoms with Crippen LogP contribution in [-0.2, 0) is 34.5 Å². The number of thiophene rings is 1. The van der Waals surface area contributed by atoms with Gasteiger partial charge in [0.25, 0.3) is 0 Å². The lowest BCUT2D eigenvalue weighted by atomic mass is 10.1. The number of fused-ring (bicyclic) bond motifs is 1. The van der Waals surface area contributed by atoms with Gasteiger partial charge in [0.05, 0.1) is 23.1 Å². The van der Waals surface area contributed by atoms with Crippen molar-refractivity contribution in [1.82, 2.24) is 24.6 Å². The fourth-order valence-electron chi connectivity index (χ4n) is 3.20. The lowest BCUT2D eigenvalue weighted by Crippen LogP contribution is -2.41. The summed E-state index contributed by atoms with van der Waals surface area (Å²) in [6.45, 7) is 2.52. The van der Waals surface area contributed by atoms with Crippen LogP contribution in [0.15, 0.2) is 46.7 Å². The Morgan fingerprint density at radius 1 is 1.24 bits per heavy atom. The predicted molar refractivity (Wildman–Crippen MR) is 109 cm³/mol. The van der Waals surface area contributed by atoms with Crippen molar-refractivity contribution in [2.75, 3.05) is 0 Å². The van der Waals surface area contributed by atoms with Gasteiger partial charge in [-0.3, -0.25) is 4.79 Å². The molecule has 0 saturated carbocycles. The summed E-state index contributed by atoms with van der Waals surface area (Å²) in [5.41, 5.74) is 2.24. The van der Waals surface area contributed by atoms with E-state index in [1.165, 1.54) is 12.1 Å². The molecule has 0 fully saturated rings. The number of aromatic nitrogens is 3. The quantitative estimate of drug-likeness (QED) is 0.621. The van der Waals surface area contributed by atoms with Gasteiger partial charge in [-0.05, 0) is 24.6 Å². The van der Waals surface area contributed by atoms with E-state index < -0.39 is 16.1 Å². The second kappa shape index (κ2) is 7.86. The third-order valence-electron chi connectivity index (χ3n) is 4.71. The van der Waals surface area contributed by atoms with Crippen molar-refractivity contribution in [3.05, 3.63) is 63.8 Å². The molecule has 3 aromatic rings. The van der Waals surface area contributed by atoms with Crippen LogP contribution < -0.4 is 4.72 Å². The maximum Gasteiger partial charge on any atom is 0.250 e. The zero-order chi connectivity index (χ0) is 20.6. The molecule has 1 N–H and O–H groups in total. The van der Waals surface area contributed by atoms with Gasteiger partial charge in [-0.15, -0.1) is 16.4 Å². The van der Waals surface area contributed by atoms with Gasteiger partial charge in [-0.1, -0.05) is 47.1 Å². The van der Waals surface area contributed by atoms with Crippen molar-refractivity contribution in [3.8, 4) is 0 Å². The summed E-state index contributed by atoms with van der Waals surface area (Å²) >= 11 is 6.82. The SMILES string of the molecule is CC1C(=O)N(Cc2ccccc2)Cc2c(CNS(=O)(=O)c3ccc(Cl)s3)nnn21. The smallest absolute Gasteiger partial charge is 0.250 e. The molecule has 8 nitrogen and oxygen atoms in total. The number of sulfonamides is 1. The minimum absolute atomic E-state index is 0.0206. The van der Waals surface area contributed by atoms with E-state index in [9.17, 15) is 13.2 Å². The number of nitrogens with one attached hydrogen (secondary N) is 1. The minimum atomic E-state index is -3.70. The van der Waals surface area contributed by atoms with E-state index in [1.807, 2.05) is 30.3 Å². The molecule has 0 aliphatic carbocycles. The fourth-order valence-corrected chi connectivity index (χ4v) is 5.72. The van der Waals surface area contributed by atoms with Gasteiger partial charge in [-0.25, -0.2) is 17.8 Å². The first kappa shape index (κ1) is 20.0. The third-order valence-corrected chi connectivity index (χ3v) is 7.83. The molecule has 1 aromatic carbocycles. The largest absolute Gasteiger partial charge is 0.331 e. The summed E-state index contributed by atoms with van der Waals surface area (Å²) < 4.78 is 29.5. The van der Waals surface area contributed by atoms with Gasteiger partial charge < -0.3 is 4.90 Å². The van der Waals surface area contributed by atoms with Crippen LogP contribution in [0.3, 0.4) is 0 Å². The highest BCUT2D eigenvalue weighted by Crippen LogP contribution is 2.27. The fraction of sp³-hybridized carbons (Fsp3) is 0.278. The van der Waals surface area contributed by atoms with E-state index in [1.54, 1.807) is 16.5 Å². The number of carbonyl (C=O) groups is 1. The number of carbonyl (C=O) groups excluding carboxylic acids is 1. The average molecular weight is 452 g/mol. The number of benzene rings is 1. The number of rotatable bonds is 6.